The molecule has 0 bridgehead atoms. The van der Waals surface area contributed by atoms with Gasteiger partial charge in [-0.1, -0.05) is 78.2 Å². The third kappa shape index (κ3) is 14.4. The standard InChI is InChI=1S/C20H40O/c1-5-7-9-10-11-12-13-15-19(4)17-20(21)16-18(3)14-8-6-2/h5,18-21H,1,6-17H2,2-4H3/t18-,19+,20?/m0/s1. The first-order chi connectivity index (χ1) is 10.1. The molecule has 0 aliphatic carbocycles. The zero-order chi connectivity index (χ0) is 15.9. The Morgan fingerprint density at radius 1 is 0.857 bits per heavy atom. The van der Waals surface area contributed by atoms with Crippen molar-refractivity contribution in [3.05, 3.63) is 12.7 Å². The van der Waals surface area contributed by atoms with Gasteiger partial charge < -0.3 is 5.11 Å². The van der Waals surface area contributed by atoms with Crippen LogP contribution in [0.2, 0.25) is 0 Å². The van der Waals surface area contributed by atoms with Gasteiger partial charge >= 0.3 is 0 Å². The molecule has 0 spiro atoms. The number of allylic oxidation sites excluding steroid dienone is 1. The Labute approximate surface area is 134 Å². The van der Waals surface area contributed by atoms with Gasteiger partial charge in [-0.2, -0.15) is 0 Å². The minimum Gasteiger partial charge on any atom is -0.393 e. The number of aliphatic hydroxyl groups is 1. The molecular weight excluding hydrogens is 256 g/mol. The van der Waals surface area contributed by atoms with Crippen LogP contribution < -0.4 is 0 Å². The second kappa shape index (κ2) is 14.6. The molecular formula is C20H40O. The first kappa shape index (κ1) is 20.7. The number of hydrogen-bond donors (Lipinski definition) is 1. The van der Waals surface area contributed by atoms with Gasteiger partial charge in [-0.05, 0) is 37.5 Å². The lowest BCUT2D eigenvalue weighted by Gasteiger charge is -2.19. The van der Waals surface area contributed by atoms with E-state index in [1.165, 1.54) is 64.2 Å². The van der Waals surface area contributed by atoms with Gasteiger partial charge in [0.25, 0.3) is 0 Å². The van der Waals surface area contributed by atoms with Crippen LogP contribution in [0.5, 0.6) is 0 Å². The van der Waals surface area contributed by atoms with Gasteiger partial charge in [-0.25, -0.2) is 0 Å². The summed E-state index contributed by atoms with van der Waals surface area (Å²) in [5, 5.41) is 10.2. The van der Waals surface area contributed by atoms with Gasteiger partial charge in [0, 0.05) is 0 Å². The van der Waals surface area contributed by atoms with Crippen LogP contribution in [0.4, 0.5) is 0 Å². The SMILES string of the molecule is C=CCCCCCCC[C@@H](C)CC(O)C[C@@H](C)CCCC. The quantitative estimate of drug-likeness (QED) is 0.270. The molecule has 1 heteroatoms. The smallest absolute Gasteiger partial charge is 0.0545 e. The largest absolute Gasteiger partial charge is 0.393 e. The fourth-order valence-corrected chi connectivity index (χ4v) is 3.13. The van der Waals surface area contributed by atoms with Gasteiger partial charge in [-0.3, -0.25) is 0 Å². The predicted molar refractivity (Wildman–Crippen MR) is 95.6 cm³/mol. The Morgan fingerprint density at radius 3 is 1.95 bits per heavy atom. The minimum absolute atomic E-state index is 0.0838. The Kier molecular flexibility index (Phi) is 14.4. The Hall–Kier alpha value is -0.300. The number of aliphatic hydroxyl groups excluding tert-OH is 1. The van der Waals surface area contributed by atoms with Gasteiger partial charge in [0.2, 0.25) is 0 Å². The van der Waals surface area contributed by atoms with Crippen LogP contribution in [-0.4, -0.2) is 11.2 Å². The summed E-state index contributed by atoms with van der Waals surface area (Å²) in [5.41, 5.74) is 0. The molecule has 0 saturated carbocycles. The summed E-state index contributed by atoms with van der Waals surface area (Å²) in [7, 11) is 0. The molecule has 0 radical (unpaired) electrons. The molecule has 126 valence electrons. The van der Waals surface area contributed by atoms with Gasteiger partial charge in [0.1, 0.15) is 0 Å². The van der Waals surface area contributed by atoms with E-state index in [9.17, 15) is 5.11 Å². The minimum atomic E-state index is -0.0838. The summed E-state index contributed by atoms with van der Waals surface area (Å²) in [6.45, 7) is 10.6. The van der Waals surface area contributed by atoms with Crippen molar-refractivity contribution in [1.82, 2.24) is 0 Å². The van der Waals surface area contributed by atoms with E-state index in [2.05, 4.69) is 27.4 Å². The van der Waals surface area contributed by atoms with E-state index in [4.69, 9.17) is 0 Å². The third-order valence-electron chi connectivity index (χ3n) is 4.50. The summed E-state index contributed by atoms with van der Waals surface area (Å²) < 4.78 is 0. The summed E-state index contributed by atoms with van der Waals surface area (Å²) in [5.74, 6) is 1.35. The average Bonchev–Trinajstić information content (AvgIpc) is 2.43. The van der Waals surface area contributed by atoms with E-state index in [-0.39, 0.29) is 6.10 Å². The molecule has 0 aromatic carbocycles. The molecule has 3 atom stereocenters. The van der Waals surface area contributed by atoms with Crippen molar-refractivity contribution in [2.24, 2.45) is 11.8 Å². The lowest BCUT2D eigenvalue weighted by Crippen LogP contribution is -2.15. The van der Waals surface area contributed by atoms with Crippen LogP contribution in [0.1, 0.15) is 97.8 Å². The van der Waals surface area contributed by atoms with Crippen molar-refractivity contribution in [2.45, 2.75) is 104 Å². The fraction of sp³-hybridized carbons (Fsp3) is 0.900. The van der Waals surface area contributed by atoms with Crippen molar-refractivity contribution in [3.8, 4) is 0 Å². The lowest BCUT2D eigenvalue weighted by atomic mass is 9.90. The summed E-state index contributed by atoms with van der Waals surface area (Å²) in [4.78, 5) is 0. The van der Waals surface area contributed by atoms with Crippen molar-refractivity contribution in [1.29, 1.82) is 0 Å². The van der Waals surface area contributed by atoms with E-state index < -0.39 is 0 Å². The highest BCUT2D eigenvalue weighted by molar-refractivity contribution is 4.67. The Bertz CT molecular complexity index is 224. The van der Waals surface area contributed by atoms with E-state index >= 15 is 0 Å². The maximum absolute atomic E-state index is 10.2. The maximum atomic E-state index is 10.2. The molecule has 0 aromatic heterocycles. The Morgan fingerprint density at radius 2 is 1.38 bits per heavy atom. The summed E-state index contributed by atoms with van der Waals surface area (Å²) in [6.07, 6.45) is 16.9. The molecule has 0 fully saturated rings. The van der Waals surface area contributed by atoms with Crippen molar-refractivity contribution in [3.63, 3.8) is 0 Å². The van der Waals surface area contributed by atoms with E-state index in [0.717, 1.165) is 12.8 Å². The molecule has 0 amide bonds. The van der Waals surface area contributed by atoms with E-state index in [1.807, 2.05) is 6.08 Å². The molecule has 0 aromatic rings. The zero-order valence-corrected chi connectivity index (χ0v) is 14.9. The third-order valence-corrected chi connectivity index (χ3v) is 4.50. The Balaban J connectivity index is 3.50. The van der Waals surface area contributed by atoms with Gasteiger partial charge in [0.05, 0.1) is 6.10 Å². The number of unbranched alkanes of at least 4 members (excludes halogenated alkanes) is 6. The van der Waals surface area contributed by atoms with Gasteiger partial charge in [-0.15, -0.1) is 6.58 Å². The second-order valence-electron chi connectivity index (χ2n) is 7.11. The number of rotatable bonds is 15. The van der Waals surface area contributed by atoms with Crippen LogP contribution in [0.15, 0.2) is 12.7 Å². The van der Waals surface area contributed by atoms with Gasteiger partial charge in [0.15, 0.2) is 0 Å². The molecule has 0 rings (SSSR count). The second-order valence-corrected chi connectivity index (χ2v) is 7.11. The van der Waals surface area contributed by atoms with Crippen LogP contribution in [0, 0.1) is 11.8 Å². The molecule has 0 aliphatic heterocycles. The average molecular weight is 297 g/mol. The molecule has 1 N–H and O–H groups in total. The molecule has 0 saturated heterocycles. The molecule has 0 aliphatic rings. The van der Waals surface area contributed by atoms with Crippen molar-refractivity contribution in [2.75, 3.05) is 0 Å². The summed E-state index contributed by atoms with van der Waals surface area (Å²) in [6, 6.07) is 0. The highest BCUT2D eigenvalue weighted by Gasteiger charge is 2.13. The predicted octanol–water partition coefficient (Wildman–Crippen LogP) is 6.51. The maximum Gasteiger partial charge on any atom is 0.0545 e. The zero-order valence-electron chi connectivity index (χ0n) is 14.9. The monoisotopic (exact) mass is 296 g/mol. The van der Waals surface area contributed by atoms with Crippen LogP contribution >= 0.6 is 0 Å². The number of hydrogen-bond acceptors (Lipinski definition) is 1. The highest BCUT2D eigenvalue weighted by Crippen LogP contribution is 2.21. The molecule has 21 heavy (non-hydrogen) atoms. The summed E-state index contributed by atoms with van der Waals surface area (Å²) >= 11 is 0. The fourth-order valence-electron chi connectivity index (χ4n) is 3.13. The first-order valence-corrected chi connectivity index (χ1v) is 9.39. The van der Waals surface area contributed by atoms with Crippen LogP contribution in [-0.2, 0) is 0 Å². The van der Waals surface area contributed by atoms with Crippen LogP contribution in [0.25, 0.3) is 0 Å². The van der Waals surface area contributed by atoms with Crippen LogP contribution in [0.3, 0.4) is 0 Å². The van der Waals surface area contributed by atoms with Crippen molar-refractivity contribution >= 4 is 0 Å². The highest BCUT2D eigenvalue weighted by atomic mass is 16.3. The first-order valence-electron chi connectivity index (χ1n) is 9.39. The lowest BCUT2D eigenvalue weighted by molar-refractivity contribution is 0.115. The van der Waals surface area contributed by atoms with E-state index in [1.54, 1.807) is 0 Å². The normalized spacial score (nSPS) is 15.6. The van der Waals surface area contributed by atoms with E-state index in [0.29, 0.717) is 11.8 Å². The molecule has 0 heterocycles. The molecule has 1 nitrogen and oxygen atoms in total. The molecule has 1 unspecified atom stereocenters. The topological polar surface area (TPSA) is 20.2 Å². The van der Waals surface area contributed by atoms with Crippen molar-refractivity contribution < 1.29 is 5.11 Å².